The van der Waals surface area contributed by atoms with Gasteiger partial charge in [-0.25, -0.2) is 9.69 Å². The summed E-state index contributed by atoms with van der Waals surface area (Å²) in [6, 6.07) is 19.8. The number of hydrogen-bond donors (Lipinski definition) is 0. The quantitative estimate of drug-likeness (QED) is 0.355. The molecule has 0 N–H and O–H groups in total. The molecule has 1 aliphatic rings. The van der Waals surface area contributed by atoms with Gasteiger partial charge in [-0.05, 0) is 43.7 Å². The number of benzene rings is 3. The maximum absolute atomic E-state index is 12.9. The maximum Gasteiger partial charge on any atom is 0.338 e. The summed E-state index contributed by atoms with van der Waals surface area (Å²) in [5, 5.41) is 0. The van der Waals surface area contributed by atoms with E-state index in [0.29, 0.717) is 11.3 Å². The molecule has 0 spiro atoms. The lowest BCUT2D eigenvalue weighted by Crippen LogP contribution is -2.29. The topological polar surface area (TPSA) is 80.8 Å². The van der Waals surface area contributed by atoms with Gasteiger partial charge in [-0.15, -0.1) is 0 Å². The van der Waals surface area contributed by atoms with E-state index in [2.05, 4.69) is 0 Å². The Morgan fingerprint density at radius 2 is 1.45 bits per heavy atom. The Bertz CT molecular complexity index is 1220. The van der Waals surface area contributed by atoms with Gasteiger partial charge in [-0.1, -0.05) is 48.5 Å². The van der Waals surface area contributed by atoms with Gasteiger partial charge in [-0.3, -0.25) is 14.4 Å². The Hall–Kier alpha value is -4.06. The van der Waals surface area contributed by atoms with E-state index in [9.17, 15) is 19.2 Å². The molecule has 1 heterocycles. The van der Waals surface area contributed by atoms with Crippen LogP contribution in [0.25, 0.3) is 0 Å². The monoisotopic (exact) mass is 413 g/mol. The van der Waals surface area contributed by atoms with Gasteiger partial charge in [0.05, 0.1) is 22.4 Å². The van der Waals surface area contributed by atoms with Crippen molar-refractivity contribution < 1.29 is 23.9 Å². The Morgan fingerprint density at radius 3 is 2.16 bits per heavy atom. The summed E-state index contributed by atoms with van der Waals surface area (Å²) in [6.07, 6.45) is -0.996. The van der Waals surface area contributed by atoms with E-state index in [0.717, 1.165) is 10.5 Å². The minimum Gasteiger partial charge on any atom is -0.451 e. The van der Waals surface area contributed by atoms with Crippen LogP contribution in [0.4, 0.5) is 5.69 Å². The van der Waals surface area contributed by atoms with Crippen molar-refractivity contribution in [2.24, 2.45) is 0 Å². The second-order valence-corrected chi connectivity index (χ2v) is 7.27. The van der Waals surface area contributed by atoms with Crippen molar-refractivity contribution in [3.05, 3.63) is 101 Å². The Morgan fingerprint density at radius 1 is 0.806 bits per heavy atom. The number of nitrogens with zero attached hydrogens (tertiary/aromatic N) is 1. The lowest BCUT2D eigenvalue weighted by Gasteiger charge is -2.16. The summed E-state index contributed by atoms with van der Waals surface area (Å²) < 4.78 is 5.31. The first-order valence-corrected chi connectivity index (χ1v) is 9.77. The molecule has 2 amide bonds. The number of fused-ring (bicyclic) bond motifs is 1. The van der Waals surface area contributed by atoms with E-state index in [4.69, 9.17) is 4.74 Å². The lowest BCUT2D eigenvalue weighted by molar-refractivity contribution is 0.0318. The average Bonchev–Trinajstić information content (AvgIpc) is 3.03. The number of anilines is 1. The summed E-state index contributed by atoms with van der Waals surface area (Å²) in [5.74, 6) is -2.01. The molecular formula is C25H19NO5. The van der Waals surface area contributed by atoms with Gasteiger partial charge >= 0.3 is 5.97 Å². The number of Topliss-reactive ketones (excluding diaryl/α,β-unsaturated/α-hetero) is 1. The molecule has 0 saturated heterocycles. The highest BCUT2D eigenvalue weighted by Crippen LogP contribution is 2.31. The Labute approximate surface area is 179 Å². The molecule has 1 atom stereocenters. The summed E-state index contributed by atoms with van der Waals surface area (Å²) >= 11 is 0. The van der Waals surface area contributed by atoms with Crippen molar-refractivity contribution in [2.45, 2.75) is 20.0 Å². The van der Waals surface area contributed by atoms with E-state index in [1.807, 2.05) is 19.1 Å². The van der Waals surface area contributed by atoms with Crippen LogP contribution in [0.2, 0.25) is 0 Å². The van der Waals surface area contributed by atoms with Crippen LogP contribution >= 0.6 is 0 Å². The van der Waals surface area contributed by atoms with E-state index in [1.54, 1.807) is 42.5 Å². The molecule has 1 aliphatic heterocycles. The van der Waals surface area contributed by atoms with Gasteiger partial charge < -0.3 is 4.74 Å². The van der Waals surface area contributed by atoms with Crippen molar-refractivity contribution in [1.29, 1.82) is 0 Å². The van der Waals surface area contributed by atoms with Crippen molar-refractivity contribution in [2.75, 3.05) is 4.90 Å². The number of rotatable bonds is 5. The Balaban J connectivity index is 1.57. The first kappa shape index (κ1) is 20.2. The third-order valence-electron chi connectivity index (χ3n) is 5.19. The van der Waals surface area contributed by atoms with Crippen molar-refractivity contribution >= 4 is 29.3 Å². The number of carbonyl (C=O) groups is 4. The molecular weight excluding hydrogens is 394 g/mol. The number of hydrogen-bond acceptors (Lipinski definition) is 5. The first-order valence-electron chi connectivity index (χ1n) is 9.77. The smallest absolute Gasteiger partial charge is 0.338 e. The number of imide groups is 1. The van der Waals surface area contributed by atoms with Crippen LogP contribution in [0.1, 0.15) is 53.9 Å². The summed E-state index contributed by atoms with van der Waals surface area (Å²) in [6.45, 7) is 3.31. The van der Waals surface area contributed by atoms with Crippen molar-refractivity contribution in [3.63, 3.8) is 0 Å². The third kappa shape index (κ3) is 3.64. The van der Waals surface area contributed by atoms with Crippen LogP contribution in [0.15, 0.2) is 72.8 Å². The standard InChI is InChI=1S/C25H19NO5/c1-15-8-6-7-11-21(15)26-23(28)19-13-12-18(14-20(19)24(26)29)25(30)31-16(2)22(27)17-9-4-3-5-10-17/h3-14,16H,1-2H3. The van der Waals surface area contributed by atoms with Gasteiger partial charge in [0, 0.05) is 5.56 Å². The summed E-state index contributed by atoms with van der Waals surface area (Å²) in [4.78, 5) is 51.9. The normalized spacial score (nSPS) is 13.7. The van der Waals surface area contributed by atoms with Crippen LogP contribution < -0.4 is 4.90 Å². The molecule has 0 bridgehead atoms. The van der Waals surface area contributed by atoms with Gasteiger partial charge in [-0.2, -0.15) is 0 Å². The highest BCUT2D eigenvalue weighted by atomic mass is 16.5. The first-order chi connectivity index (χ1) is 14.9. The van der Waals surface area contributed by atoms with Crippen LogP contribution in [0.5, 0.6) is 0 Å². The lowest BCUT2D eigenvalue weighted by atomic mass is 10.1. The second-order valence-electron chi connectivity index (χ2n) is 7.27. The number of ketones is 1. The zero-order valence-electron chi connectivity index (χ0n) is 17.0. The van der Waals surface area contributed by atoms with Crippen molar-refractivity contribution in [1.82, 2.24) is 0 Å². The predicted molar refractivity (Wildman–Crippen MR) is 114 cm³/mol. The summed E-state index contributed by atoms with van der Waals surface area (Å²) in [5.41, 5.74) is 2.17. The molecule has 6 heteroatoms. The van der Waals surface area contributed by atoms with Crippen LogP contribution in [0.3, 0.4) is 0 Å². The molecule has 3 aromatic rings. The van der Waals surface area contributed by atoms with Gasteiger partial charge in [0.1, 0.15) is 0 Å². The SMILES string of the molecule is Cc1ccccc1N1C(=O)c2ccc(C(=O)OC(C)C(=O)c3ccccc3)cc2C1=O. The van der Waals surface area contributed by atoms with Gasteiger partial charge in [0.2, 0.25) is 5.78 Å². The number of amides is 2. The number of aryl methyl sites for hydroxylation is 1. The molecule has 1 unspecified atom stereocenters. The fraction of sp³-hybridized carbons (Fsp3) is 0.120. The molecule has 0 fully saturated rings. The minimum atomic E-state index is -0.996. The fourth-order valence-corrected chi connectivity index (χ4v) is 3.52. The highest BCUT2D eigenvalue weighted by molar-refractivity contribution is 6.35. The van der Waals surface area contributed by atoms with Gasteiger partial charge in [0.15, 0.2) is 6.10 Å². The zero-order valence-corrected chi connectivity index (χ0v) is 17.0. The number of esters is 1. The number of carbonyl (C=O) groups excluding carboxylic acids is 4. The van der Waals surface area contributed by atoms with E-state index in [1.165, 1.54) is 25.1 Å². The number of para-hydroxylation sites is 1. The molecule has 3 aromatic carbocycles. The molecule has 6 nitrogen and oxygen atoms in total. The maximum atomic E-state index is 12.9. The molecule has 0 saturated carbocycles. The molecule has 4 rings (SSSR count). The van der Waals surface area contributed by atoms with E-state index >= 15 is 0 Å². The van der Waals surface area contributed by atoms with E-state index in [-0.39, 0.29) is 22.5 Å². The van der Waals surface area contributed by atoms with Crippen LogP contribution in [0, 0.1) is 6.92 Å². The van der Waals surface area contributed by atoms with Crippen LogP contribution in [-0.2, 0) is 4.74 Å². The second kappa shape index (κ2) is 7.99. The molecule has 0 radical (unpaired) electrons. The molecule has 154 valence electrons. The molecule has 0 aromatic heterocycles. The van der Waals surface area contributed by atoms with E-state index < -0.39 is 23.9 Å². The van der Waals surface area contributed by atoms with Crippen LogP contribution in [-0.4, -0.2) is 29.7 Å². The third-order valence-corrected chi connectivity index (χ3v) is 5.19. The minimum absolute atomic E-state index is 0.0965. The zero-order chi connectivity index (χ0) is 22.1. The predicted octanol–water partition coefficient (Wildman–Crippen LogP) is 4.22. The molecule has 0 aliphatic carbocycles. The summed E-state index contributed by atoms with van der Waals surface area (Å²) in [7, 11) is 0. The molecule has 31 heavy (non-hydrogen) atoms. The van der Waals surface area contributed by atoms with Gasteiger partial charge in [0.25, 0.3) is 11.8 Å². The largest absolute Gasteiger partial charge is 0.451 e. The number of ether oxygens (including phenoxy) is 1. The van der Waals surface area contributed by atoms with Crippen molar-refractivity contribution in [3.8, 4) is 0 Å². The average molecular weight is 413 g/mol. The Kier molecular flexibility index (Phi) is 5.21. The highest BCUT2D eigenvalue weighted by Gasteiger charge is 2.38. The fourth-order valence-electron chi connectivity index (χ4n) is 3.52.